The van der Waals surface area contributed by atoms with Crippen LogP contribution in [0.5, 0.6) is 0 Å². The van der Waals surface area contributed by atoms with Crippen molar-refractivity contribution >= 4 is 16.9 Å². The van der Waals surface area contributed by atoms with Gasteiger partial charge in [-0.1, -0.05) is 18.2 Å². The number of nitrogens with one attached hydrogen (secondary N) is 1. The lowest BCUT2D eigenvalue weighted by molar-refractivity contribution is 0.905. The lowest BCUT2D eigenvalue weighted by atomic mass is 10.1. The Bertz CT molecular complexity index is 787. The van der Waals surface area contributed by atoms with E-state index in [-0.39, 0.29) is 11.5 Å². The number of hydrogen-bond donors (Lipinski definition) is 2. The second-order valence-corrected chi connectivity index (χ2v) is 4.02. The van der Waals surface area contributed by atoms with Gasteiger partial charge in [-0.15, -0.1) is 5.10 Å². The summed E-state index contributed by atoms with van der Waals surface area (Å²) in [5.74, 6) is 0.513. The minimum Gasteiger partial charge on any atom is -0.366 e. The SMILES string of the molecule is Cn1c(=O)c(-c2nc(N)n[nH]2)cc2ccccc21. The molecule has 3 rings (SSSR count). The third kappa shape index (κ3) is 1.46. The number of anilines is 1. The average Bonchev–Trinajstić information content (AvgIpc) is 2.80. The molecule has 6 heteroatoms. The molecule has 2 heterocycles. The van der Waals surface area contributed by atoms with Gasteiger partial charge in [0, 0.05) is 7.05 Å². The van der Waals surface area contributed by atoms with Gasteiger partial charge in [0.15, 0.2) is 5.82 Å². The van der Waals surface area contributed by atoms with Crippen LogP contribution in [0.3, 0.4) is 0 Å². The Balaban J connectivity index is 2.37. The molecule has 2 aromatic heterocycles. The fraction of sp³-hybridized carbons (Fsp3) is 0.0833. The molecule has 0 aliphatic rings. The van der Waals surface area contributed by atoms with Crippen LogP contribution in [0.4, 0.5) is 5.95 Å². The first-order chi connectivity index (χ1) is 8.66. The van der Waals surface area contributed by atoms with Gasteiger partial charge >= 0.3 is 0 Å². The van der Waals surface area contributed by atoms with Gasteiger partial charge in [0.1, 0.15) is 0 Å². The van der Waals surface area contributed by atoms with Gasteiger partial charge in [0.05, 0.1) is 11.1 Å². The fourth-order valence-corrected chi connectivity index (χ4v) is 1.99. The second-order valence-electron chi connectivity index (χ2n) is 4.02. The first kappa shape index (κ1) is 10.5. The summed E-state index contributed by atoms with van der Waals surface area (Å²) < 4.78 is 1.59. The lowest BCUT2D eigenvalue weighted by Crippen LogP contribution is -2.19. The summed E-state index contributed by atoms with van der Waals surface area (Å²) in [4.78, 5) is 16.2. The number of rotatable bonds is 1. The maximum atomic E-state index is 12.2. The summed E-state index contributed by atoms with van der Waals surface area (Å²) in [6, 6.07) is 9.45. The van der Waals surface area contributed by atoms with Crippen molar-refractivity contribution in [2.75, 3.05) is 5.73 Å². The smallest absolute Gasteiger partial charge is 0.261 e. The summed E-state index contributed by atoms with van der Waals surface area (Å²) in [5, 5.41) is 7.35. The Labute approximate surface area is 102 Å². The molecule has 0 aliphatic heterocycles. The highest BCUT2D eigenvalue weighted by Gasteiger charge is 2.11. The Morgan fingerprint density at radius 2 is 2.11 bits per heavy atom. The molecule has 0 radical (unpaired) electrons. The van der Waals surface area contributed by atoms with E-state index < -0.39 is 0 Å². The van der Waals surface area contributed by atoms with Gasteiger partial charge in [-0.3, -0.25) is 9.89 Å². The standard InChI is InChI=1S/C12H11N5O/c1-17-9-5-3-2-4-7(9)6-8(11(17)18)10-14-12(13)16-15-10/h2-6H,1H3,(H3,13,14,15,16). The van der Waals surface area contributed by atoms with E-state index in [0.717, 1.165) is 10.9 Å². The van der Waals surface area contributed by atoms with Crippen LogP contribution < -0.4 is 11.3 Å². The van der Waals surface area contributed by atoms with Crippen molar-refractivity contribution in [2.45, 2.75) is 0 Å². The van der Waals surface area contributed by atoms with Gasteiger partial charge in [0.2, 0.25) is 5.95 Å². The van der Waals surface area contributed by atoms with Crippen molar-refractivity contribution in [1.29, 1.82) is 0 Å². The predicted molar refractivity (Wildman–Crippen MR) is 69.0 cm³/mol. The molecule has 90 valence electrons. The number of aryl methyl sites for hydroxylation is 1. The van der Waals surface area contributed by atoms with Gasteiger partial charge in [-0.05, 0) is 17.5 Å². The van der Waals surface area contributed by atoms with Crippen molar-refractivity contribution in [3.05, 3.63) is 40.7 Å². The van der Waals surface area contributed by atoms with Gasteiger partial charge in [0.25, 0.3) is 5.56 Å². The quantitative estimate of drug-likeness (QED) is 0.662. The number of aromatic amines is 1. The highest BCUT2D eigenvalue weighted by Crippen LogP contribution is 2.17. The Morgan fingerprint density at radius 3 is 2.83 bits per heavy atom. The number of nitrogens with zero attached hydrogens (tertiary/aromatic N) is 3. The van der Waals surface area contributed by atoms with E-state index in [0.29, 0.717) is 11.4 Å². The zero-order valence-electron chi connectivity index (χ0n) is 9.71. The minimum absolute atomic E-state index is 0.125. The molecule has 6 nitrogen and oxygen atoms in total. The van der Waals surface area contributed by atoms with E-state index >= 15 is 0 Å². The van der Waals surface area contributed by atoms with Crippen molar-refractivity contribution in [2.24, 2.45) is 7.05 Å². The number of nitrogens with two attached hydrogens (primary N) is 1. The molecule has 0 spiro atoms. The summed E-state index contributed by atoms with van der Waals surface area (Å²) in [6.45, 7) is 0. The maximum Gasteiger partial charge on any atom is 0.261 e. The summed E-state index contributed by atoms with van der Waals surface area (Å²) in [5.41, 5.74) is 6.65. The summed E-state index contributed by atoms with van der Waals surface area (Å²) >= 11 is 0. The van der Waals surface area contributed by atoms with E-state index in [1.807, 2.05) is 24.3 Å². The number of pyridine rings is 1. The Kier molecular flexibility index (Phi) is 2.16. The third-order valence-electron chi connectivity index (χ3n) is 2.89. The highest BCUT2D eigenvalue weighted by atomic mass is 16.1. The first-order valence-electron chi connectivity index (χ1n) is 5.44. The lowest BCUT2D eigenvalue weighted by Gasteiger charge is -2.06. The molecule has 0 amide bonds. The third-order valence-corrected chi connectivity index (χ3v) is 2.89. The molecule has 18 heavy (non-hydrogen) atoms. The van der Waals surface area contributed by atoms with Gasteiger partial charge in [-0.25, -0.2) is 0 Å². The Hall–Kier alpha value is -2.63. The van der Waals surface area contributed by atoms with Crippen molar-refractivity contribution in [1.82, 2.24) is 19.7 Å². The van der Waals surface area contributed by atoms with Crippen LogP contribution in [0.1, 0.15) is 0 Å². The normalized spacial score (nSPS) is 10.9. The number of aromatic nitrogens is 4. The Morgan fingerprint density at radius 1 is 1.33 bits per heavy atom. The fourth-order valence-electron chi connectivity index (χ4n) is 1.99. The monoisotopic (exact) mass is 241 g/mol. The summed E-state index contributed by atoms with van der Waals surface area (Å²) in [6.07, 6.45) is 0. The summed E-state index contributed by atoms with van der Waals surface area (Å²) in [7, 11) is 1.73. The van der Waals surface area contributed by atoms with Crippen LogP contribution in [0.2, 0.25) is 0 Å². The first-order valence-corrected chi connectivity index (χ1v) is 5.44. The van der Waals surface area contributed by atoms with E-state index in [9.17, 15) is 4.79 Å². The van der Waals surface area contributed by atoms with E-state index in [4.69, 9.17) is 5.73 Å². The largest absolute Gasteiger partial charge is 0.366 e. The number of para-hydroxylation sites is 1. The number of H-pyrrole nitrogens is 1. The van der Waals surface area contributed by atoms with E-state index in [1.165, 1.54) is 0 Å². The molecule has 0 saturated heterocycles. The molecule has 0 saturated carbocycles. The van der Waals surface area contributed by atoms with E-state index in [2.05, 4.69) is 15.2 Å². The van der Waals surface area contributed by atoms with Gasteiger partial charge in [-0.2, -0.15) is 4.98 Å². The average molecular weight is 241 g/mol. The van der Waals surface area contributed by atoms with Crippen LogP contribution in [-0.2, 0) is 7.05 Å². The zero-order valence-corrected chi connectivity index (χ0v) is 9.71. The van der Waals surface area contributed by atoms with Crippen LogP contribution in [0.15, 0.2) is 35.1 Å². The van der Waals surface area contributed by atoms with Crippen LogP contribution in [0, 0.1) is 0 Å². The van der Waals surface area contributed by atoms with Gasteiger partial charge < -0.3 is 10.3 Å². The van der Waals surface area contributed by atoms with E-state index in [1.54, 1.807) is 17.7 Å². The molecule has 0 aliphatic carbocycles. The number of hydrogen-bond acceptors (Lipinski definition) is 4. The number of fused-ring (bicyclic) bond motifs is 1. The molecule has 1 aromatic carbocycles. The minimum atomic E-state index is -0.134. The molecule has 0 fully saturated rings. The van der Waals surface area contributed by atoms with Crippen molar-refractivity contribution in [3.8, 4) is 11.4 Å². The van der Waals surface area contributed by atoms with Crippen LogP contribution in [-0.4, -0.2) is 19.7 Å². The highest BCUT2D eigenvalue weighted by molar-refractivity contribution is 5.82. The number of nitrogen functional groups attached to an aromatic ring is 1. The molecule has 0 atom stereocenters. The van der Waals surface area contributed by atoms with Crippen molar-refractivity contribution in [3.63, 3.8) is 0 Å². The zero-order chi connectivity index (χ0) is 12.7. The van der Waals surface area contributed by atoms with Crippen molar-refractivity contribution < 1.29 is 0 Å². The predicted octanol–water partition coefficient (Wildman–Crippen LogP) is 0.906. The topological polar surface area (TPSA) is 89.6 Å². The molecule has 0 unspecified atom stereocenters. The molecular weight excluding hydrogens is 230 g/mol. The molecule has 3 aromatic rings. The molecule has 0 bridgehead atoms. The molecule has 3 N–H and O–H groups in total. The maximum absolute atomic E-state index is 12.2. The van der Waals surface area contributed by atoms with Crippen LogP contribution >= 0.6 is 0 Å². The van der Waals surface area contributed by atoms with Crippen LogP contribution in [0.25, 0.3) is 22.3 Å². The second kappa shape index (κ2) is 3.69. The molecular formula is C12H11N5O. The number of benzene rings is 1.